The molecule has 1 amide bonds. The topological polar surface area (TPSA) is 97.8 Å². The Labute approximate surface area is 235 Å². The van der Waals surface area contributed by atoms with E-state index in [4.69, 9.17) is 18.9 Å². The summed E-state index contributed by atoms with van der Waals surface area (Å²) in [7, 11) is 0. The number of benzene rings is 2. The first-order chi connectivity index (χ1) is 19.4. The molecule has 0 radical (unpaired) electrons. The van der Waals surface area contributed by atoms with Gasteiger partial charge in [0.05, 0.1) is 38.0 Å². The molecule has 2 aromatic rings. The van der Waals surface area contributed by atoms with Crippen molar-refractivity contribution in [2.24, 2.45) is 0 Å². The summed E-state index contributed by atoms with van der Waals surface area (Å²) in [5.74, 6) is 0.404. The SMILES string of the molecule is CCCOc1ccc([C@@H]2/C(=C(\O)c3ccc4c(c3)C[C@H](C)O4)C(=O)C(=O)N2CCN2CCOCC2)cc1OCC. The fourth-order valence-corrected chi connectivity index (χ4v) is 5.55. The lowest BCUT2D eigenvalue weighted by molar-refractivity contribution is -0.140. The van der Waals surface area contributed by atoms with Crippen molar-refractivity contribution >= 4 is 17.4 Å². The van der Waals surface area contributed by atoms with Gasteiger partial charge in [0.15, 0.2) is 11.5 Å². The highest BCUT2D eigenvalue weighted by Crippen LogP contribution is 2.43. The van der Waals surface area contributed by atoms with Crippen molar-refractivity contribution in [2.75, 3.05) is 52.6 Å². The van der Waals surface area contributed by atoms with Crippen molar-refractivity contribution in [1.29, 1.82) is 0 Å². The number of likely N-dealkylation sites (tertiary alicyclic amines) is 1. The van der Waals surface area contributed by atoms with E-state index in [1.807, 2.05) is 51.1 Å². The molecular formula is C31H38N2O7. The average Bonchev–Trinajstić information content (AvgIpc) is 3.46. The number of amides is 1. The van der Waals surface area contributed by atoms with Gasteiger partial charge in [-0.15, -0.1) is 0 Å². The zero-order valence-corrected chi connectivity index (χ0v) is 23.5. The van der Waals surface area contributed by atoms with Gasteiger partial charge in [-0.3, -0.25) is 14.5 Å². The van der Waals surface area contributed by atoms with Gasteiger partial charge in [-0.05, 0) is 61.7 Å². The Kier molecular flexibility index (Phi) is 8.61. The quantitative estimate of drug-likeness (QED) is 0.270. The summed E-state index contributed by atoms with van der Waals surface area (Å²) in [6, 6.07) is 10.1. The van der Waals surface area contributed by atoms with E-state index in [0.29, 0.717) is 68.6 Å². The van der Waals surface area contributed by atoms with Crippen LogP contribution in [0.4, 0.5) is 0 Å². The normalized spacial score (nSPS) is 22.3. The largest absolute Gasteiger partial charge is 0.507 e. The van der Waals surface area contributed by atoms with E-state index >= 15 is 0 Å². The minimum Gasteiger partial charge on any atom is -0.507 e. The maximum atomic E-state index is 13.5. The summed E-state index contributed by atoms with van der Waals surface area (Å²) in [5.41, 5.74) is 2.20. The van der Waals surface area contributed by atoms with Crippen LogP contribution in [-0.4, -0.2) is 85.3 Å². The third-order valence-corrected chi connectivity index (χ3v) is 7.52. The zero-order valence-electron chi connectivity index (χ0n) is 23.5. The van der Waals surface area contributed by atoms with Gasteiger partial charge in [-0.25, -0.2) is 0 Å². The van der Waals surface area contributed by atoms with Crippen molar-refractivity contribution < 1.29 is 33.6 Å². The molecule has 0 saturated carbocycles. The molecule has 3 aliphatic rings. The number of nitrogens with zero attached hydrogens (tertiary/aromatic N) is 2. The first-order valence-electron chi connectivity index (χ1n) is 14.2. The van der Waals surface area contributed by atoms with Crippen molar-refractivity contribution in [3.8, 4) is 17.2 Å². The Morgan fingerprint density at radius 1 is 1.02 bits per heavy atom. The maximum absolute atomic E-state index is 13.5. The number of carbonyl (C=O) groups is 2. The number of hydrogen-bond acceptors (Lipinski definition) is 8. The lowest BCUT2D eigenvalue weighted by Crippen LogP contribution is -2.42. The van der Waals surface area contributed by atoms with Crippen LogP contribution >= 0.6 is 0 Å². The average molecular weight is 551 g/mol. The van der Waals surface area contributed by atoms with Gasteiger partial charge >= 0.3 is 0 Å². The molecule has 0 unspecified atom stereocenters. The lowest BCUT2D eigenvalue weighted by Gasteiger charge is -2.31. The Bertz CT molecular complexity index is 1280. The van der Waals surface area contributed by atoms with Crippen LogP contribution in [-0.2, 0) is 20.7 Å². The molecule has 1 N–H and O–H groups in total. The van der Waals surface area contributed by atoms with Crippen LogP contribution in [0.25, 0.3) is 5.76 Å². The molecule has 2 fully saturated rings. The molecule has 0 aromatic heterocycles. The number of morpholine rings is 1. The van der Waals surface area contributed by atoms with E-state index in [1.54, 1.807) is 11.0 Å². The van der Waals surface area contributed by atoms with Gasteiger partial charge < -0.3 is 29.0 Å². The number of ketones is 1. The Balaban J connectivity index is 1.56. The number of rotatable bonds is 10. The van der Waals surface area contributed by atoms with Crippen LogP contribution in [0.3, 0.4) is 0 Å². The zero-order chi connectivity index (χ0) is 28.2. The first-order valence-corrected chi connectivity index (χ1v) is 14.2. The standard InChI is InChI=1S/C31H38N2O7/c1-4-14-39-25-9-6-21(19-26(25)38-5-2)28-27(29(34)22-7-8-24-23(18-22)17-20(3)40-24)30(35)31(36)33(28)11-10-32-12-15-37-16-13-32/h6-9,18-20,28,34H,4-5,10-17H2,1-3H3/b29-27+/t20-,28+/m0/s1. The molecule has 40 heavy (non-hydrogen) atoms. The van der Waals surface area contributed by atoms with Crippen LogP contribution in [0, 0.1) is 0 Å². The molecule has 0 spiro atoms. The number of carbonyl (C=O) groups excluding carboxylic acids is 2. The second-order valence-electron chi connectivity index (χ2n) is 10.4. The number of aliphatic hydroxyl groups is 1. The van der Waals surface area contributed by atoms with Crippen molar-refractivity contribution in [3.63, 3.8) is 0 Å². The highest BCUT2D eigenvalue weighted by Gasteiger charge is 2.46. The molecule has 0 bridgehead atoms. The molecule has 2 aromatic carbocycles. The summed E-state index contributed by atoms with van der Waals surface area (Å²) >= 11 is 0. The van der Waals surface area contributed by atoms with Crippen LogP contribution < -0.4 is 14.2 Å². The van der Waals surface area contributed by atoms with Gasteiger partial charge in [0.25, 0.3) is 11.7 Å². The van der Waals surface area contributed by atoms with Crippen LogP contribution in [0.15, 0.2) is 42.0 Å². The highest BCUT2D eigenvalue weighted by atomic mass is 16.5. The molecule has 9 nitrogen and oxygen atoms in total. The van der Waals surface area contributed by atoms with Crippen molar-refractivity contribution in [1.82, 2.24) is 9.80 Å². The minimum absolute atomic E-state index is 0.0450. The van der Waals surface area contributed by atoms with E-state index in [2.05, 4.69) is 4.90 Å². The fourth-order valence-electron chi connectivity index (χ4n) is 5.55. The third-order valence-electron chi connectivity index (χ3n) is 7.52. The summed E-state index contributed by atoms with van der Waals surface area (Å²) in [6.45, 7) is 10.6. The van der Waals surface area contributed by atoms with Crippen LogP contribution in [0.5, 0.6) is 17.2 Å². The second kappa shape index (κ2) is 12.3. The number of aliphatic hydroxyl groups excluding tert-OH is 1. The molecule has 214 valence electrons. The van der Waals surface area contributed by atoms with Gasteiger partial charge in [-0.1, -0.05) is 13.0 Å². The molecule has 9 heteroatoms. The van der Waals surface area contributed by atoms with Gasteiger partial charge in [0, 0.05) is 38.2 Å². The molecule has 3 heterocycles. The number of Topliss-reactive ketones (excluding diaryl/α,β-unsaturated/α-hetero) is 1. The minimum atomic E-state index is -0.774. The summed E-state index contributed by atoms with van der Waals surface area (Å²) in [5, 5.41) is 11.6. The number of fused-ring (bicyclic) bond motifs is 1. The third kappa shape index (κ3) is 5.67. The highest BCUT2D eigenvalue weighted by molar-refractivity contribution is 6.46. The predicted molar refractivity (Wildman–Crippen MR) is 150 cm³/mol. The smallest absolute Gasteiger partial charge is 0.295 e. The summed E-state index contributed by atoms with van der Waals surface area (Å²) < 4.78 is 23.0. The second-order valence-corrected chi connectivity index (χ2v) is 10.4. The monoisotopic (exact) mass is 550 g/mol. The van der Waals surface area contributed by atoms with E-state index in [0.717, 1.165) is 30.8 Å². The van der Waals surface area contributed by atoms with E-state index in [1.165, 1.54) is 0 Å². The molecule has 5 rings (SSSR count). The summed E-state index contributed by atoms with van der Waals surface area (Å²) in [6.07, 6.45) is 1.60. The molecule has 2 saturated heterocycles. The lowest BCUT2D eigenvalue weighted by atomic mass is 9.94. The number of hydrogen-bond donors (Lipinski definition) is 1. The van der Waals surface area contributed by atoms with Crippen LogP contribution in [0.2, 0.25) is 0 Å². The fraction of sp³-hybridized carbons (Fsp3) is 0.484. The molecule has 0 aliphatic carbocycles. The van der Waals surface area contributed by atoms with E-state index in [-0.39, 0.29) is 17.4 Å². The van der Waals surface area contributed by atoms with Gasteiger partial charge in [-0.2, -0.15) is 0 Å². The Hall–Kier alpha value is -3.56. The molecule has 2 atom stereocenters. The van der Waals surface area contributed by atoms with Gasteiger partial charge in [0.2, 0.25) is 0 Å². The molecular weight excluding hydrogens is 512 g/mol. The van der Waals surface area contributed by atoms with Crippen molar-refractivity contribution in [2.45, 2.75) is 45.8 Å². The summed E-state index contributed by atoms with van der Waals surface area (Å²) in [4.78, 5) is 30.8. The van der Waals surface area contributed by atoms with Gasteiger partial charge in [0.1, 0.15) is 17.6 Å². The molecule has 3 aliphatic heterocycles. The predicted octanol–water partition coefficient (Wildman–Crippen LogP) is 3.95. The van der Waals surface area contributed by atoms with E-state index in [9.17, 15) is 14.7 Å². The Morgan fingerprint density at radius 2 is 1.82 bits per heavy atom. The van der Waals surface area contributed by atoms with Crippen LogP contribution in [0.1, 0.15) is 49.9 Å². The first kappa shape index (κ1) is 28.0. The van der Waals surface area contributed by atoms with E-state index < -0.39 is 17.7 Å². The maximum Gasteiger partial charge on any atom is 0.295 e. The van der Waals surface area contributed by atoms with Crippen molar-refractivity contribution in [3.05, 3.63) is 58.7 Å². The Morgan fingerprint density at radius 3 is 2.58 bits per heavy atom. The number of ether oxygens (including phenoxy) is 4.